The van der Waals surface area contributed by atoms with Gasteiger partial charge in [0.1, 0.15) is 5.82 Å². The first-order chi connectivity index (χ1) is 12.1. The van der Waals surface area contributed by atoms with Gasteiger partial charge in [-0.25, -0.2) is 4.39 Å². The molecule has 0 N–H and O–H groups in total. The van der Waals surface area contributed by atoms with Crippen molar-refractivity contribution in [3.63, 3.8) is 0 Å². The van der Waals surface area contributed by atoms with Gasteiger partial charge in [-0.3, -0.25) is 9.59 Å². The minimum absolute atomic E-state index is 0.0810. The lowest BCUT2D eigenvalue weighted by molar-refractivity contribution is -0.123. The topological polar surface area (TPSA) is 40.6 Å². The zero-order valence-corrected chi connectivity index (χ0v) is 14.2. The Labute approximate surface area is 146 Å². The number of piperidine rings is 1. The highest BCUT2D eigenvalue weighted by Crippen LogP contribution is 2.23. The van der Waals surface area contributed by atoms with Crippen LogP contribution >= 0.6 is 0 Å². The summed E-state index contributed by atoms with van der Waals surface area (Å²) in [5.41, 5.74) is 1.35. The van der Waals surface area contributed by atoms with Crippen LogP contribution in [-0.2, 0) is 4.79 Å². The molecule has 0 bridgehead atoms. The van der Waals surface area contributed by atoms with E-state index in [0.717, 1.165) is 5.69 Å². The number of carbonyl (C=O) groups excluding carboxylic acids is 2. The minimum atomic E-state index is -0.357. The number of nitrogens with zero attached hydrogens (tertiary/aromatic N) is 2. The number of likely N-dealkylation sites (tertiary alicyclic amines) is 1. The third-order valence-electron chi connectivity index (χ3n) is 4.70. The number of anilines is 1. The van der Waals surface area contributed by atoms with Crippen LogP contribution in [0, 0.1) is 11.7 Å². The average molecular weight is 340 g/mol. The van der Waals surface area contributed by atoms with Crippen molar-refractivity contribution in [2.45, 2.75) is 12.8 Å². The molecule has 1 saturated heterocycles. The van der Waals surface area contributed by atoms with Gasteiger partial charge < -0.3 is 9.80 Å². The first-order valence-electron chi connectivity index (χ1n) is 8.43. The van der Waals surface area contributed by atoms with Crippen LogP contribution in [-0.4, -0.2) is 36.9 Å². The van der Waals surface area contributed by atoms with E-state index in [1.165, 1.54) is 24.3 Å². The lowest BCUT2D eigenvalue weighted by atomic mass is 9.94. The van der Waals surface area contributed by atoms with Gasteiger partial charge >= 0.3 is 0 Å². The van der Waals surface area contributed by atoms with Crippen LogP contribution in [0.5, 0.6) is 0 Å². The van der Waals surface area contributed by atoms with Crippen molar-refractivity contribution in [3.8, 4) is 0 Å². The molecule has 1 aliphatic heterocycles. The molecule has 0 unspecified atom stereocenters. The van der Waals surface area contributed by atoms with Crippen molar-refractivity contribution in [1.29, 1.82) is 0 Å². The highest BCUT2D eigenvalue weighted by molar-refractivity contribution is 5.96. The number of halogens is 1. The summed E-state index contributed by atoms with van der Waals surface area (Å²) in [6.07, 6.45) is 1.28. The zero-order valence-electron chi connectivity index (χ0n) is 14.2. The van der Waals surface area contributed by atoms with Crippen molar-refractivity contribution < 1.29 is 14.0 Å². The van der Waals surface area contributed by atoms with Crippen molar-refractivity contribution in [2.75, 3.05) is 25.0 Å². The Hall–Kier alpha value is -2.69. The molecule has 3 rings (SSSR count). The molecule has 1 aliphatic rings. The van der Waals surface area contributed by atoms with Gasteiger partial charge in [0.2, 0.25) is 5.91 Å². The molecule has 2 amide bonds. The monoisotopic (exact) mass is 340 g/mol. The predicted octanol–water partition coefficient (Wildman–Crippen LogP) is 3.34. The van der Waals surface area contributed by atoms with Crippen LogP contribution in [0.4, 0.5) is 10.1 Å². The van der Waals surface area contributed by atoms with Gasteiger partial charge in [0.15, 0.2) is 0 Å². The standard InChI is InChI=1S/C20H21FN2O2/c1-22(18-5-3-2-4-6-18)19(24)16-11-13-23(14-12-16)20(25)15-7-9-17(21)10-8-15/h2-10,16H,11-14H2,1H3. The number of para-hydroxylation sites is 1. The molecule has 2 aromatic rings. The number of hydrogen-bond acceptors (Lipinski definition) is 2. The zero-order chi connectivity index (χ0) is 17.8. The van der Waals surface area contributed by atoms with Crippen LogP contribution in [0.1, 0.15) is 23.2 Å². The highest BCUT2D eigenvalue weighted by atomic mass is 19.1. The molecule has 130 valence electrons. The molecule has 2 aromatic carbocycles. The maximum absolute atomic E-state index is 13.0. The molecule has 5 heteroatoms. The van der Waals surface area contributed by atoms with Crippen molar-refractivity contribution in [1.82, 2.24) is 4.90 Å². The largest absolute Gasteiger partial charge is 0.339 e. The fourth-order valence-electron chi connectivity index (χ4n) is 3.16. The van der Waals surface area contributed by atoms with Gasteiger partial charge in [-0.15, -0.1) is 0 Å². The van der Waals surface area contributed by atoms with Crippen LogP contribution < -0.4 is 4.90 Å². The predicted molar refractivity (Wildman–Crippen MR) is 94.9 cm³/mol. The van der Waals surface area contributed by atoms with Crippen LogP contribution in [0.2, 0.25) is 0 Å². The summed E-state index contributed by atoms with van der Waals surface area (Å²) in [6, 6.07) is 15.1. The minimum Gasteiger partial charge on any atom is -0.339 e. The van der Waals surface area contributed by atoms with Crippen molar-refractivity contribution >= 4 is 17.5 Å². The molecule has 0 saturated carbocycles. The summed E-state index contributed by atoms with van der Waals surface area (Å²) in [7, 11) is 1.79. The summed E-state index contributed by atoms with van der Waals surface area (Å²) < 4.78 is 13.0. The molecular formula is C20H21FN2O2. The van der Waals surface area contributed by atoms with Crippen LogP contribution in [0.3, 0.4) is 0 Å². The van der Waals surface area contributed by atoms with Gasteiger partial charge in [0.05, 0.1) is 0 Å². The van der Waals surface area contributed by atoms with Gasteiger partial charge in [0, 0.05) is 37.3 Å². The summed E-state index contributed by atoms with van der Waals surface area (Å²) in [5, 5.41) is 0. The van der Waals surface area contributed by atoms with Gasteiger partial charge in [-0.1, -0.05) is 18.2 Å². The Morgan fingerprint density at radius 3 is 2.20 bits per heavy atom. The van der Waals surface area contributed by atoms with E-state index in [1.54, 1.807) is 16.8 Å². The molecule has 4 nitrogen and oxygen atoms in total. The van der Waals surface area contributed by atoms with Crippen LogP contribution in [0.25, 0.3) is 0 Å². The second-order valence-electron chi connectivity index (χ2n) is 6.31. The Bertz CT molecular complexity index is 738. The molecule has 0 radical (unpaired) electrons. The Morgan fingerprint density at radius 2 is 1.60 bits per heavy atom. The smallest absolute Gasteiger partial charge is 0.253 e. The third-order valence-corrected chi connectivity index (χ3v) is 4.70. The normalized spacial score (nSPS) is 15.0. The molecule has 0 aliphatic carbocycles. The lowest BCUT2D eigenvalue weighted by Crippen LogP contribution is -2.43. The fraction of sp³-hybridized carbons (Fsp3) is 0.300. The number of hydrogen-bond donors (Lipinski definition) is 0. The molecular weight excluding hydrogens is 319 g/mol. The maximum Gasteiger partial charge on any atom is 0.253 e. The van der Waals surface area contributed by atoms with E-state index < -0.39 is 0 Å². The quantitative estimate of drug-likeness (QED) is 0.860. The first-order valence-corrected chi connectivity index (χ1v) is 8.43. The van der Waals surface area contributed by atoms with Gasteiger partial charge in [-0.2, -0.15) is 0 Å². The van der Waals surface area contributed by atoms with E-state index >= 15 is 0 Å². The van der Waals surface area contributed by atoms with Gasteiger partial charge in [0.25, 0.3) is 5.91 Å². The SMILES string of the molecule is CN(C(=O)C1CCN(C(=O)c2ccc(F)cc2)CC1)c1ccccc1. The van der Waals surface area contributed by atoms with E-state index in [1.807, 2.05) is 30.3 Å². The second-order valence-corrected chi connectivity index (χ2v) is 6.31. The van der Waals surface area contributed by atoms with Crippen molar-refractivity contribution in [3.05, 3.63) is 66.0 Å². The third kappa shape index (κ3) is 3.87. The number of rotatable bonds is 3. The lowest BCUT2D eigenvalue weighted by Gasteiger charge is -2.33. The Balaban J connectivity index is 1.59. The fourth-order valence-corrected chi connectivity index (χ4v) is 3.16. The summed E-state index contributed by atoms with van der Waals surface area (Å²) in [4.78, 5) is 28.5. The van der Waals surface area contributed by atoms with E-state index in [-0.39, 0.29) is 23.5 Å². The van der Waals surface area contributed by atoms with E-state index in [4.69, 9.17) is 0 Å². The highest BCUT2D eigenvalue weighted by Gasteiger charge is 2.29. The number of benzene rings is 2. The molecule has 0 aromatic heterocycles. The summed E-state index contributed by atoms with van der Waals surface area (Å²) >= 11 is 0. The summed E-state index contributed by atoms with van der Waals surface area (Å²) in [6.45, 7) is 1.07. The Morgan fingerprint density at radius 1 is 1.00 bits per heavy atom. The Kier molecular flexibility index (Phi) is 5.12. The van der Waals surface area contributed by atoms with Gasteiger partial charge in [-0.05, 0) is 49.2 Å². The molecule has 25 heavy (non-hydrogen) atoms. The number of carbonyl (C=O) groups is 2. The van der Waals surface area contributed by atoms with Crippen LogP contribution in [0.15, 0.2) is 54.6 Å². The summed E-state index contributed by atoms with van der Waals surface area (Å²) in [5.74, 6) is -0.463. The molecule has 0 atom stereocenters. The second kappa shape index (κ2) is 7.47. The van der Waals surface area contributed by atoms with Crippen molar-refractivity contribution in [2.24, 2.45) is 5.92 Å². The van der Waals surface area contributed by atoms with E-state index in [2.05, 4.69) is 0 Å². The molecule has 0 spiro atoms. The maximum atomic E-state index is 13.0. The first kappa shape index (κ1) is 17.1. The molecule has 1 fully saturated rings. The van der Waals surface area contributed by atoms with E-state index in [0.29, 0.717) is 31.5 Å². The average Bonchev–Trinajstić information content (AvgIpc) is 2.67. The van der Waals surface area contributed by atoms with E-state index in [9.17, 15) is 14.0 Å². The molecule has 1 heterocycles. The number of amides is 2.